The normalized spacial score (nSPS) is 10.4. The lowest BCUT2D eigenvalue weighted by Gasteiger charge is -2.10. The third kappa shape index (κ3) is 5.65. The molecule has 3 aromatic carbocycles. The van der Waals surface area contributed by atoms with Crippen LogP contribution in [0.5, 0.6) is 0 Å². The summed E-state index contributed by atoms with van der Waals surface area (Å²) in [7, 11) is 0. The Labute approximate surface area is 170 Å². The molecular weight excluding hydrogens is 396 g/mol. The van der Waals surface area contributed by atoms with Gasteiger partial charge >= 0.3 is 5.97 Å². The third-order valence-electron chi connectivity index (χ3n) is 3.93. The summed E-state index contributed by atoms with van der Waals surface area (Å²) in [6.07, 6.45) is 0. The zero-order valence-corrected chi connectivity index (χ0v) is 16.0. The zero-order chi connectivity index (χ0) is 20.6. The van der Waals surface area contributed by atoms with Gasteiger partial charge in [-0.1, -0.05) is 42.5 Å². The van der Waals surface area contributed by atoms with Crippen molar-refractivity contribution in [3.05, 3.63) is 95.6 Å². The van der Waals surface area contributed by atoms with Gasteiger partial charge in [0.25, 0.3) is 5.91 Å². The first-order valence-corrected chi connectivity index (χ1v) is 9.70. The van der Waals surface area contributed by atoms with Crippen LogP contribution in [-0.4, -0.2) is 18.5 Å². The Kier molecular flexibility index (Phi) is 6.97. The Hall–Kier alpha value is -3.19. The Bertz CT molecular complexity index is 1030. The van der Waals surface area contributed by atoms with Gasteiger partial charge in [-0.2, -0.15) is 0 Å². The molecule has 1 N–H and O–H groups in total. The Morgan fingerprint density at radius 2 is 1.52 bits per heavy atom. The van der Waals surface area contributed by atoms with E-state index in [0.29, 0.717) is 16.2 Å². The molecule has 0 fully saturated rings. The van der Waals surface area contributed by atoms with E-state index < -0.39 is 24.3 Å². The highest BCUT2D eigenvalue weighted by molar-refractivity contribution is 7.98. The number of hydrogen-bond donors (Lipinski definition) is 1. The summed E-state index contributed by atoms with van der Waals surface area (Å²) < 4.78 is 32.4. The van der Waals surface area contributed by atoms with Gasteiger partial charge in [0.2, 0.25) is 0 Å². The predicted molar refractivity (Wildman–Crippen MR) is 108 cm³/mol. The number of carbonyl (C=O) groups is 2. The fraction of sp³-hybridized carbons (Fsp3) is 0.0909. The summed E-state index contributed by atoms with van der Waals surface area (Å²) in [6, 6.07) is 18.8. The molecule has 0 spiro atoms. The van der Waals surface area contributed by atoms with E-state index in [2.05, 4.69) is 5.32 Å². The molecule has 0 aliphatic rings. The molecular formula is C22H17F2NO3S. The van der Waals surface area contributed by atoms with Gasteiger partial charge in [-0.15, -0.1) is 11.8 Å². The minimum absolute atomic E-state index is 0.00870. The van der Waals surface area contributed by atoms with E-state index in [1.54, 1.807) is 48.5 Å². The molecule has 0 saturated carbocycles. The molecule has 4 nitrogen and oxygen atoms in total. The van der Waals surface area contributed by atoms with Crippen LogP contribution in [0.1, 0.15) is 15.9 Å². The monoisotopic (exact) mass is 413 g/mol. The quantitative estimate of drug-likeness (QED) is 0.435. The van der Waals surface area contributed by atoms with Crippen LogP contribution in [0.3, 0.4) is 0 Å². The molecule has 0 aromatic heterocycles. The molecule has 0 radical (unpaired) electrons. The second kappa shape index (κ2) is 9.84. The second-order valence-corrected chi connectivity index (χ2v) is 7.00. The number of nitrogens with one attached hydrogen (secondary N) is 1. The first-order chi connectivity index (χ1) is 14.0. The van der Waals surface area contributed by atoms with Crippen molar-refractivity contribution >= 4 is 29.3 Å². The van der Waals surface area contributed by atoms with Crippen LogP contribution < -0.4 is 5.32 Å². The number of thioether (sulfide) groups is 1. The van der Waals surface area contributed by atoms with Gasteiger partial charge in [-0.3, -0.25) is 4.79 Å². The number of rotatable bonds is 7. The van der Waals surface area contributed by atoms with Crippen molar-refractivity contribution in [2.75, 3.05) is 11.9 Å². The van der Waals surface area contributed by atoms with Gasteiger partial charge in [0.05, 0.1) is 11.3 Å². The highest BCUT2D eigenvalue weighted by Gasteiger charge is 2.16. The Morgan fingerprint density at radius 3 is 2.28 bits per heavy atom. The van der Waals surface area contributed by atoms with E-state index in [4.69, 9.17) is 4.74 Å². The lowest BCUT2D eigenvalue weighted by molar-refractivity contribution is -0.119. The number of hydrogen-bond acceptors (Lipinski definition) is 4. The van der Waals surface area contributed by atoms with Crippen molar-refractivity contribution in [1.82, 2.24) is 0 Å². The summed E-state index contributed by atoms with van der Waals surface area (Å²) in [6.45, 7) is -0.556. The molecule has 0 heterocycles. The Balaban J connectivity index is 1.60. The van der Waals surface area contributed by atoms with Crippen LogP contribution in [0, 0.1) is 11.6 Å². The molecule has 1 amide bonds. The molecule has 148 valence electrons. The maximum atomic E-state index is 13.8. The number of carbonyl (C=O) groups excluding carboxylic acids is 2. The van der Waals surface area contributed by atoms with E-state index in [-0.39, 0.29) is 17.1 Å². The molecule has 0 unspecified atom stereocenters. The maximum absolute atomic E-state index is 13.8. The van der Waals surface area contributed by atoms with Crippen LogP contribution in [0.4, 0.5) is 14.5 Å². The largest absolute Gasteiger partial charge is 0.452 e. The van der Waals surface area contributed by atoms with Crippen LogP contribution in [0.2, 0.25) is 0 Å². The van der Waals surface area contributed by atoms with Gasteiger partial charge in [0.15, 0.2) is 6.61 Å². The number of halogens is 2. The molecule has 0 bridgehead atoms. The summed E-state index contributed by atoms with van der Waals surface area (Å²) in [5, 5.41) is 2.35. The summed E-state index contributed by atoms with van der Waals surface area (Å²) in [5.74, 6) is -1.90. The average molecular weight is 413 g/mol. The van der Waals surface area contributed by atoms with E-state index in [1.165, 1.54) is 36.0 Å². The number of ether oxygens (including phenoxy) is 1. The number of amides is 1. The smallest absolute Gasteiger partial charge is 0.339 e. The van der Waals surface area contributed by atoms with E-state index in [9.17, 15) is 18.4 Å². The topological polar surface area (TPSA) is 55.4 Å². The molecule has 0 aliphatic carbocycles. The number of benzene rings is 3. The average Bonchev–Trinajstić information content (AvgIpc) is 2.73. The van der Waals surface area contributed by atoms with Gasteiger partial charge in [-0.05, 0) is 35.9 Å². The lowest BCUT2D eigenvalue weighted by atomic mass is 10.2. The first kappa shape index (κ1) is 20.5. The van der Waals surface area contributed by atoms with Crippen molar-refractivity contribution in [2.24, 2.45) is 0 Å². The fourth-order valence-electron chi connectivity index (χ4n) is 2.49. The van der Waals surface area contributed by atoms with E-state index in [0.717, 1.165) is 0 Å². The van der Waals surface area contributed by atoms with Crippen molar-refractivity contribution in [2.45, 2.75) is 10.6 Å². The highest BCUT2D eigenvalue weighted by Crippen LogP contribution is 2.27. The number of esters is 1. The maximum Gasteiger partial charge on any atom is 0.339 e. The van der Waals surface area contributed by atoms with Crippen molar-refractivity contribution < 1.29 is 23.1 Å². The van der Waals surface area contributed by atoms with Crippen LogP contribution in [0.25, 0.3) is 0 Å². The van der Waals surface area contributed by atoms with E-state index >= 15 is 0 Å². The lowest BCUT2D eigenvalue weighted by Crippen LogP contribution is -2.21. The van der Waals surface area contributed by atoms with Crippen molar-refractivity contribution in [3.8, 4) is 0 Å². The van der Waals surface area contributed by atoms with Gasteiger partial charge in [0.1, 0.15) is 11.6 Å². The molecule has 3 aromatic rings. The van der Waals surface area contributed by atoms with Crippen LogP contribution in [0.15, 0.2) is 77.7 Å². The van der Waals surface area contributed by atoms with E-state index in [1.807, 2.05) is 0 Å². The summed E-state index contributed by atoms with van der Waals surface area (Å²) >= 11 is 1.29. The number of anilines is 1. The molecule has 0 saturated heterocycles. The minimum atomic E-state index is -0.690. The standard InChI is InChI=1S/C22H17F2NO3S/c23-17-9-3-1-7-15(17)14-29-20-12-6-2-8-16(20)22(27)28-13-21(26)25-19-11-5-4-10-18(19)24/h1-12H,13-14H2,(H,25,26). The predicted octanol–water partition coefficient (Wildman–Crippen LogP) is 5.05. The van der Waals surface area contributed by atoms with Gasteiger partial charge in [0, 0.05) is 10.6 Å². The Morgan fingerprint density at radius 1 is 0.862 bits per heavy atom. The van der Waals surface area contributed by atoms with Crippen molar-refractivity contribution in [1.29, 1.82) is 0 Å². The van der Waals surface area contributed by atoms with Crippen molar-refractivity contribution in [3.63, 3.8) is 0 Å². The highest BCUT2D eigenvalue weighted by atomic mass is 32.2. The second-order valence-electron chi connectivity index (χ2n) is 5.98. The molecule has 3 rings (SSSR count). The molecule has 0 aliphatic heterocycles. The molecule has 7 heteroatoms. The van der Waals surface area contributed by atoms with Gasteiger partial charge < -0.3 is 10.1 Å². The van der Waals surface area contributed by atoms with Gasteiger partial charge in [-0.25, -0.2) is 13.6 Å². The van der Waals surface area contributed by atoms with Crippen LogP contribution in [-0.2, 0) is 15.3 Å². The SMILES string of the molecule is O=C(COC(=O)c1ccccc1SCc1ccccc1F)Nc1ccccc1F. The fourth-order valence-corrected chi connectivity index (χ4v) is 3.52. The summed E-state index contributed by atoms with van der Waals surface area (Å²) in [5.41, 5.74) is 0.798. The van der Waals surface area contributed by atoms with Crippen LogP contribution >= 0.6 is 11.8 Å². The molecule has 29 heavy (non-hydrogen) atoms. The number of para-hydroxylation sites is 1. The third-order valence-corrected chi connectivity index (χ3v) is 5.05. The zero-order valence-electron chi connectivity index (χ0n) is 15.2. The molecule has 0 atom stereocenters. The minimum Gasteiger partial charge on any atom is -0.452 e. The summed E-state index contributed by atoms with van der Waals surface area (Å²) in [4.78, 5) is 24.9. The first-order valence-electron chi connectivity index (χ1n) is 8.71.